The third kappa shape index (κ3) is 4.92. The smallest absolute Gasteiger partial charge is 0.214 e. The highest BCUT2D eigenvalue weighted by atomic mass is 32.2. The number of sulfonamides is 1. The predicted octanol–water partition coefficient (Wildman–Crippen LogP) is -0.0744. The quantitative estimate of drug-likeness (QED) is 0.650. The van der Waals surface area contributed by atoms with Crippen LogP contribution >= 0.6 is 0 Å². The van der Waals surface area contributed by atoms with Gasteiger partial charge in [0, 0.05) is 19.2 Å². The van der Waals surface area contributed by atoms with Crippen LogP contribution in [-0.4, -0.2) is 40.0 Å². The van der Waals surface area contributed by atoms with Crippen LogP contribution in [0.2, 0.25) is 0 Å². The maximum absolute atomic E-state index is 11.6. The summed E-state index contributed by atoms with van der Waals surface area (Å²) in [5, 5.41) is 0. The third-order valence-electron chi connectivity index (χ3n) is 2.64. The lowest BCUT2D eigenvalue weighted by Gasteiger charge is -2.33. The standard InChI is InChI=1S/C9H22N2O3S/c1-8(2)9(3,7-10)11-15(12,13)6-5-14-4/h8,11H,5-7,10H2,1-4H3. The molecule has 3 N–H and O–H groups in total. The normalized spacial score (nSPS) is 16.7. The van der Waals surface area contributed by atoms with Crippen molar-refractivity contribution in [3.8, 4) is 0 Å². The van der Waals surface area contributed by atoms with Gasteiger partial charge in [0.2, 0.25) is 10.0 Å². The van der Waals surface area contributed by atoms with Crippen molar-refractivity contribution in [3.63, 3.8) is 0 Å². The van der Waals surface area contributed by atoms with Gasteiger partial charge in [-0.05, 0) is 12.8 Å². The molecule has 0 saturated carbocycles. The topological polar surface area (TPSA) is 81.4 Å². The molecular weight excluding hydrogens is 216 g/mol. The first kappa shape index (κ1) is 14.8. The lowest BCUT2D eigenvalue weighted by molar-refractivity contribution is 0.216. The molecule has 0 aromatic heterocycles. The van der Waals surface area contributed by atoms with Crippen molar-refractivity contribution in [1.82, 2.24) is 4.72 Å². The van der Waals surface area contributed by atoms with Gasteiger partial charge in [-0.1, -0.05) is 13.8 Å². The number of hydrogen-bond acceptors (Lipinski definition) is 4. The summed E-state index contributed by atoms with van der Waals surface area (Å²) in [7, 11) is -1.84. The van der Waals surface area contributed by atoms with Gasteiger partial charge in [0.1, 0.15) is 0 Å². The minimum Gasteiger partial charge on any atom is -0.384 e. The van der Waals surface area contributed by atoms with Gasteiger partial charge in [-0.2, -0.15) is 0 Å². The van der Waals surface area contributed by atoms with Crippen molar-refractivity contribution >= 4 is 10.0 Å². The molecule has 15 heavy (non-hydrogen) atoms. The summed E-state index contributed by atoms with van der Waals surface area (Å²) in [6.07, 6.45) is 0. The van der Waals surface area contributed by atoms with Gasteiger partial charge in [-0.15, -0.1) is 0 Å². The second-order valence-corrected chi connectivity index (χ2v) is 6.03. The van der Waals surface area contributed by atoms with E-state index in [0.717, 1.165) is 0 Å². The van der Waals surface area contributed by atoms with Crippen molar-refractivity contribution < 1.29 is 13.2 Å². The minimum atomic E-state index is -3.31. The number of methoxy groups -OCH3 is 1. The van der Waals surface area contributed by atoms with Crippen molar-refractivity contribution in [2.45, 2.75) is 26.3 Å². The molecule has 92 valence electrons. The molecule has 0 radical (unpaired) electrons. The van der Waals surface area contributed by atoms with E-state index in [0.29, 0.717) is 0 Å². The Balaban J connectivity index is 4.54. The molecule has 0 aliphatic carbocycles. The third-order valence-corrected chi connectivity index (χ3v) is 4.12. The molecule has 0 fully saturated rings. The fraction of sp³-hybridized carbons (Fsp3) is 1.00. The van der Waals surface area contributed by atoms with E-state index < -0.39 is 15.6 Å². The van der Waals surface area contributed by atoms with Gasteiger partial charge in [0.05, 0.1) is 12.4 Å². The molecule has 0 aliphatic rings. The Bertz CT molecular complexity index is 277. The molecular formula is C9H22N2O3S. The lowest BCUT2D eigenvalue weighted by atomic mass is 9.90. The van der Waals surface area contributed by atoms with Crippen LogP contribution in [0.5, 0.6) is 0 Å². The highest BCUT2D eigenvalue weighted by molar-refractivity contribution is 7.89. The molecule has 1 unspecified atom stereocenters. The molecule has 0 spiro atoms. The van der Waals surface area contributed by atoms with E-state index in [1.165, 1.54) is 7.11 Å². The van der Waals surface area contributed by atoms with Crippen molar-refractivity contribution in [2.75, 3.05) is 26.0 Å². The molecule has 0 bridgehead atoms. The molecule has 0 aliphatic heterocycles. The Kier molecular flexibility index (Phi) is 5.72. The summed E-state index contributed by atoms with van der Waals surface area (Å²) in [6, 6.07) is 0. The van der Waals surface area contributed by atoms with Crippen LogP contribution in [0, 0.1) is 5.92 Å². The number of ether oxygens (including phenoxy) is 1. The SMILES string of the molecule is COCCS(=O)(=O)NC(C)(CN)C(C)C. The van der Waals surface area contributed by atoms with E-state index in [9.17, 15) is 8.42 Å². The summed E-state index contributed by atoms with van der Waals surface area (Å²) >= 11 is 0. The first-order chi connectivity index (χ1) is 6.77. The number of rotatable bonds is 7. The van der Waals surface area contributed by atoms with E-state index in [1.54, 1.807) is 0 Å². The van der Waals surface area contributed by atoms with Gasteiger partial charge in [-0.3, -0.25) is 0 Å². The van der Waals surface area contributed by atoms with Crippen LogP contribution < -0.4 is 10.5 Å². The molecule has 0 saturated heterocycles. The zero-order chi connectivity index (χ0) is 12.1. The molecule has 0 rings (SSSR count). The molecule has 0 aromatic rings. The van der Waals surface area contributed by atoms with E-state index >= 15 is 0 Å². The molecule has 0 heterocycles. The second-order valence-electron chi connectivity index (χ2n) is 4.19. The highest BCUT2D eigenvalue weighted by Crippen LogP contribution is 2.16. The van der Waals surface area contributed by atoms with E-state index in [1.807, 2.05) is 20.8 Å². The Hall–Kier alpha value is -0.170. The van der Waals surface area contributed by atoms with Gasteiger partial charge in [0.25, 0.3) is 0 Å². The van der Waals surface area contributed by atoms with Crippen molar-refractivity contribution in [2.24, 2.45) is 11.7 Å². The fourth-order valence-electron chi connectivity index (χ4n) is 0.995. The number of nitrogens with one attached hydrogen (secondary N) is 1. The zero-order valence-electron chi connectivity index (χ0n) is 9.91. The predicted molar refractivity (Wildman–Crippen MR) is 61.1 cm³/mol. The summed E-state index contributed by atoms with van der Waals surface area (Å²) in [5.41, 5.74) is 4.99. The first-order valence-electron chi connectivity index (χ1n) is 4.98. The molecule has 6 heteroatoms. The first-order valence-corrected chi connectivity index (χ1v) is 6.63. The average Bonchev–Trinajstić information content (AvgIpc) is 2.13. The Morgan fingerprint density at radius 1 is 1.47 bits per heavy atom. The van der Waals surface area contributed by atoms with Crippen LogP contribution in [0.4, 0.5) is 0 Å². The largest absolute Gasteiger partial charge is 0.384 e. The molecule has 1 atom stereocenters. The summed E-state index contributed by atoms with van der Waals surface area (Å²) in [4.78, 5) is 0. The summed E-state index contributed by atoms with van der Waals surface area (Å²) in [5.74, 6) is 0.103. The van der Waals surface area contributed by atoms with E-state index in [2.05, 4.69) is 4.72 Å². The number of nitrogens with two attached hydrogens (primary N) is 1. The second kappa shape index (κ2) is 5.79. The molecule has 5 nitrogen and oxygen atoms in total. The fourth-order valence-corrected chi connectivity index (χ4v) is 2.51. The maximum Gasteiger partial charge on any atom is 0.214 e. The van der Waals surface area contributed by atoms with Crippen molar-refractivity contribution in [1.29, 1.82) is 0 Å². The lowest BCUT2D eigenvalue weighted by Crippen LogP contribution is -2.55. The van der Waals surface area contributed by atoms with E-state index in [4.69, 9.17) is 10.5 Å². The van der Waals surface area contributed by atoms with Crippen LogP contribution in [0.1, 0.15) is 20.8 Å². The van der Waals surface area contributed by atoms with Gasteiger partial charge in [0.15, 0.2) is 0 Å². The molecule has 0 aromatic carbocycles. The Morgan fingerprint density at radius 2 is 2.00 bits per heavy atom. The summed E-state index contributed by atoms with van der Waals surface area (Å²) in [6.45, 7) is 6.14. The zero-order valence-corrected chi connectivity index (χ0v) is 10.7. The van der Waals surface area contributed by atoms with Crippen LogP contribution in [0.15, 0.2) is 0 Å². The Labute approximate surface area is 92.4 Å². The Morgan fingerprint density at radius 3 is 2.33 bits per heavy atom. The summed E-state index contributed by atoms with van der Waals surface area (Å²) < 4.78 is 30.6. The van der Waals surface area contributed by atoms with Crippen molar-refractivity contribution in [3.05, 3.63) is 0 Å². The van der Waals surface area contributed by atoms with Gasteiger partial charge >= 0.3 is 0 Å². The molecule has 0 amide bonds. The maximum atomic E-state index is 11.6. The van der Waals surface area contributed by atoms with Gasteiger partial charge < -0.3 is 10.5 Å². The monoisotopic (exact) mass is 238 g/mol. The van der Waals surface area contributed by atoms with Crippen LogP contribution in [-0.2, 0) is 14.8 Å². The van der Waals surface area contributed by atoms with E-state index in [-0.39, 0.29) is 24.8 Å². The average molecular weight is 238 g/mol. The van der Waals surface area contributed by atoms with Crippen LogP contribution in [0.25, 0.3) is 0 Å². The minimum absolute atomic E-state index is 0.0359. The van der Waals surface area contributed by atoms with Gasteiger partial charge in [-0.25, -0.2) is 13.1 Å². The highest BCUT2D eigenvalue weighted by Gasteiger charge is 2.31. The van der Waals surface area contributed by atoms with Crippen LogP contribution in [0.3, 0.4) is 0 Å². The number of hydrogen-bond donors (Lipinski definition) is 2.